The molecule has 2 amide bonds. The molecule has 0 unspecified atom stereocenters. The van der Waals surface area contributed by atoms with E-state index in [2.05, 4.69) is 10.3 Å². The van der Waals surface area contributed by atoms with Gasteiger partial charge in [-0.25, -0.2) is 0 Å². The highest BCUT2D eigenvalue weighted by molar-refractivity contribution is 5.86. The van der Waals surface area contributed by atoms with Gasteiger partial charge < -0.3 is 15.0 Å². The van der Waals surface area contributed by atoms with E-state index in [1.54, 1.807) is 24.3 Å². The molecule has 124 valence electrons. The number of nitrogens with one attached hydrogen (secondary N) is 1. The van der Waals surface area contributed by atoms with Gasteiger partial charge in [0, 0.05) is 26.0 Å². The van der Waals surface area contributed by atoms with Gasteiger partial charge in [-0.05, 0) is 23.3 Å². The first-order valence-corrected chi connectivity index (χ1v) is 7.75. The Kier molecular flexibility index (Phi) is 4.86. The summed E-state index contributed by atoms with van der Waals surface area (Å²) in [5, 5.41) is 2.87. The number of aromatic nitrogens is 1. The number of ether oxygens (including phenoxy) is 1. The number of amides is 2. The van der Waals surface area contributed by atoms with Gasteiger partial charge in [0.05, 0.1) is 6.04 Å². The highest BCUT2D eigenvalue weighted by atomic mass is 16.5. The molecule has 1 N–H and O–H groups in total. The monoisotopic (exact) mass is 325 g/mol. The van der Waals surface area contributed by atoms with Crippen LogP contribution in [-0.4, -0.2) is 41.5 Å². The highest BCUT2D eigenvalue weighted by Crippen LogP contribution is 2.29. The first-order valence-electron chi connectivity index (χ1n) is 7.75. The molecule has 1 saturated heterocycles. The summed E-state index contributed by atoms with van der Waals surface area (Å²) in [4.78, 5) is 30.1. The fraction of sp³-hybridized carbons (Fsp3) is 0.278. The highest BCUT2D eigenvalue weighted by Gasteiger charge is 2.39. The van der Waals surface area contributed by atoms with Gasteiger partial charge in [0.25, 0.3) is 5.91 Å². The van der Waals surface area contributed by atoms with Crippen LogP contribution < -0.4 is 5.32 Å². The van der Waals surface area contributed by atoms with Gasteiger partial charge in [0.15, 0.2) is 6.10 Å². The standard InChI is InChI=1S/C18H19N3O3/c1-21-15(22)12-24-17(16(21)14-5-3-2-4-6-14)18(23)20-11-13-7-9-19-10-8-13/h2-10,16-17H,11-12H2,1H3,(H,20,23)/t16-,17-/m0/s1. The van der Waals surface area contributed by atoms with E-state index >= 15 is 0 Å². The average molecular weight is 325 g/mol. The topological polar surface area (TPSA) is 71.5 Å². The van der Waals surface area contributed by atoms with Crippen LogP contribution in [0.25, 0.3) is 0 Å². The van der Waals surface area contributed by atoms with E-state index in [1.165, 1.54) is 0 Å². The maximum atomic E-state index is 12.6. The Morgan fingerprint density at radius 3 is 2.67 bits per heavy atom. The van der Waals surface area contributed by atoms with E-state index in [0.29, 0.717) is 6.54 Å². The number of carbonyl (C=O) groups is 2. The molecule has 2 aromatic rings. The fourth-order valence-electron chi connectivity index (χ4n) is 2.77. The first-order chi connectivity index (χ1) is 11.7. The van der Waals surface area contributed by atoms with Gasteiger partial charge in [0.1, 0.15) is 6.61 Å². The van der Waals surface area contributed by atoms with Crippen LogP contribution in [-0.2, 0) is 20.9 Å². The molecular weight excluding hydrogens is 306 g/mol. The van der Waals surface area contributed by atoms with Gasteiger partial charge in [-0.2, -0.15) is 0 Å². The molecule has 1 aliphatic heterocycles. The number of hydrogen-bond donors (Lipinski definition) is 1. The summed E-state index contributed by atoms with van der Waals surface area (Å²) in [6, 6.07) is 12.7. The van der Waals surface area contributed by atoms with Crippen LogP contribution in [0.5, 0.6) is 0 Å². The van der Waals surface area contributed by atoms with E-state index in [0.717, 1.165) is 11.1 Å². The van der Waals surface area contributed by atoms with Crippen LogP contribution in [0.2, 0.25) is 0 Å². The van der Waals surface area contributed by atoms with Crippen LogP contribution in [0, 0.1) is 0 Å². The molecule has 0 saturated carbocycles. The van der Waals surface area contributed by atoms with Crippen LogP contribution in [0.15, 0.2) is 54.9 Å². The third-order valence-corrected chi connectivity index (χ3v) is 4.10. The van der Waals surface area contributed by atoms with Crippen molar-refractivity contribution in [3.63, 3.8) is 0 Å². The molecule has 3 rings (SSSR count). The van der Waals surface area contributed by atoms with Gasteiger partial charge >= 0.3 is 0 Å². The Balaban J connectivity index is 1.76. The molecule has 1 aliphatic rings. The second-order valence-electron chi connectivity index (χ2n) is 5.67. The quantitative estimate of drug-likeness (QED) is 0.920. The van der Waals surface area contributed by atoms with Crippen molar-refractivity contribution in [2.75, 3.05) is 13.7 Å². The molecular formula is C18H19N3O3. The average Bonchev–Trinajstić information content (AvgIpc) is 2.63. The summed E-state index contributed by atoms with van der Waals surface area (Å²) in [7, 11) is 1.70. The summed E-state index contributed by atoms with van der Waals surface area (Å²) in [6.07, 6.45) is 2.62. The molecule has 6 nitrogen and oxygen atoms in total. The molecule has 6 heteroatoms. The number of benzene rings is 1. The minimum absolute atomic E-state index is 0.0901. The molecule has 1 aromatic heterocycles. The number of carbonyl (C=O) groups excluding carboxylic acids is 2. The summed E-state index contributed by atoms with van der Waals surface area (Å²) < 4.78 is 5.56. The maximum Gasteiger partial charge on any atom is 0.251 e. The lowest BCUT2D eigenvalue weighted by molar-refractivity contribution is -0.162. The number of pyridine rings is 1. The van der Waals surface area contributed by atoms with Crippen molar-refractivity contribution in [1.82, 2.24) is 15.2 Å². The predicted molar refractivity (Wildman–Crippen MR) is 87.8 cm³/mol. The number of hydrogen-bond acceptors (Lipinski definition) is 4. The minimum Gasteiger partial charge on any atom is -0.356 e. The molecule has 2 atom stereocenters. The second-order valence-corrected chi connectivity index (χ2v) is 5.67. The van der Waals surface area contributed by atoms with Crippen molar-refractivity contribution in [1.29, 1.82) is 0 Å². The van der Waals surface area contributed by atoms with Crippen molar-refractivity contribution in [3.8, 4) is 0 Å². The smallest absolute Gasteiger partial charge is 0.251 e. The first kappa shape index (κ1) is 16.1. The van der Waals surface area contributed by atoms with E-state index in [1.807, 2.05) is 42.5 Å². The predicted octanol–water partition coefficient (Wildman–Crippen LogP) is 1.30. The number of likely N-dealkylation sites (N-methyl/N-ethyl adjacent to an activating group) is 1. The Morgan fingerprint density at radius 2 is 1.96 bits per heavy atom. The Bertz CT molecular complexity index is 706. The molecule has 2 heterocycles. The van der Waals surface area contributed by atoms with Crippen molar-refractivity contribution in [2.24, 2.45) is 0 Å². The van der Waals surface area contributed by atoms with Crippen LogP contribution >= 0.6 is 0 Å². The van der Waals surface area contributed by atoms with Gasteiger partial charge in [-0.3, -0.25) is 14.6 Å². The largest absolute Gasteiger partial charge is 0.356 e. The van der Waals surface area contributed by atoms with E-state index in [-0.39, 0.29) is 18.4 Å². The van der Waals surface area contributed by atoms with E-state index < -0.39 is 12.1 Å². The van der Waals surface area contributed by atoms with Crippen molar-refractivity contribution >= 4 is 11.8 Å². The van der Waals surface area contributed by atoms with Crippen molar-refractivity contribution in [3.05, 3.63) is 66.0 Å². The second kappa shape index (κ2) is 7.23. The fourth-order valence-corrected chi connectivity index (χ4v) is 2.77. The Morgan fingerprint density at radius 1 is 1.25 bits per heavy atom. The lowest BCUT2D eigenvalue weighted by Crippen LogP contribution is -2.52. The Hall–Kier alpha value is -2.73. The summed E-state index contributed by atoms with van der Waals surface area (Å²) in [5.41, 5.74) is 1.83. The molecule has 0 radical (unpaired) electrons. The Labute approximate surface area is 140 Å². The van der Waals surface area contributed by atoms with Crippen LogP contribution in [0.3, 0.4) is 0 Å². The molecule has 24 heavy (non-hydrogen) atoms. The lowest BCUT2D eigenvalue weighted by Gasteiger charge is -2.38. The molecule has 1 aromatic carbocycles. The van der Waals surface area contributed by atoms with Gasteiger partial charge in [-0.15, -0.1) is 0 Å². The number of nitrogens with zero attached hydrogens (tertiary/aromatic N) is 2. The van der Waals surface area contributed by atoms with Crippen molar-refractivity contribution in [2.45, 2.75) is 18.7 Å². The van der Waals surface area contributed by atoms with Crippen molar-refractivity contribution < 1.29 is 14.3 Å². The molecule has 1 fully saturated rings. The zero-order chi connectivity index (χ0) is 16.9. The number of morpholine rings is 1. The van der Waals surface area contributed by atoms with Gasteiger partial charge in [-0.1, -0.05) is 30.3 Å². The summed E-state index contributed by atoms with van der Waals surface area (Å²) in [6.45, 7) is 0.299. The zero-order valence-electron chi connectivity index (χ0n) is 13.4. The SMILES string of the molecule is CN1C(=O)CO[C@H](C(=O)NCc2ccncc2)[C@@H]1c1ccccc1. The third kappa shape index (κ3) is 3.44. The maximum absolute atomic E-state index is 12.6. The van der Waals surface area contributed by atoms with E-state index in [9.17, 15) is 9.59 Å². The zero-order valence-corrected chi connectivity index (χ0v) is 13.4. The van der Waals surface area contributed by atoms with E-state index in [4.69, 9.17) is 4.74 Å². The van der Waals surface area contributed by atoms with Crippen LogP contribution in [0.1, 0.15) is 17.2 Å². The van der Waals surface area contributed by atoms with Gasteiger partial charge in [0.2, 0.25) is 5.91 Å². The van der Waals surface area contributed by atoms with Crippen LogP contribution in [0.4, 0.5) is 0 Å². The summed E-state index contributed by atoms with van der Waals surface area (Å²) >= 11 is 0. The minimum atomic E-state index is -0.739. The molecule has 0 spiro atoms. The molecule has 0 aliphatic carbocycles. The third-order valence-electron chi connectivity index (χ3n) is 4.10. The number of rotatable bonds is 4. The molecule has 0 bridgehead atoms. The lowest BCUT2D eigenvalue weighted by atomic mass is 9.97. The summed E-state index contributed by atoms with van der Waals surface area (Å²) in [5.74, 6) is -0.373. The normalized spacial score (nSPS) is 20.7.